The van der Waals surface area contributed by atoms with Gasteiger partial charge in [-0.05, 0) is 70.4 Å². The van der Waals surface area contributed by atoms with Gasteiger partial charge in [0, 0.05) is 12.8 Å². The molecule has 0 aliphatic carbocycles. The highest BCUT2D eigenvalue weighted by atomic mass is 16.5. The number of carbonyl (C=O) groups excluding carboxylic acids is 2. The van der Waals surface area contributed by atoms with Gasteiger partial charge in [-0.1, -0.05) is 180 Å². The SMILES string of the molecule is CCCCC/C=C\C/C=C\C(CCCCCCC(=O)NC(CCCN)C(=O)O)OC(=O)CCCCCCCCCCCCCCCCCCCCCC. The fourth-order valence-corrected chi connectivity index (χ4v) is 6.81. The maximum absolute atomic E-state index is 12.7. The summed E-state index contributed by atoms with van der Waals surface area (Å²) in [6.07, 6.45) is 46.8. The van der Waals surface area contributed by atoms with Crippen molar-refractivity contribution in [1.82, 2.24) is 5.32 Å². The van der Waals surface area contributed by atoms with Crippen molar-refractivity contribution in [2.24, 2.45) is 5.73 Å². The maximum atomic E-state index is 12.7. The molecule has 0 aromatic rings. The van der Waals surface area contributed by atoms with Gasteiger partial charge in [-0.2, -0.15) is 0 Å². The van der Waals surface area contributed by atoms with E-state index in [1.165, 1.54) is 135 Å². The fourth-order valence-electron chi connectivity index (χ4n) is 6.81. The Labute approximate surface area is 327 Å². The van der Waals surface area contributed by atoms with Gasteiger partial charge in [-0.25, -0.2) is 4.79 Å². The molecule has 310 valence electrons. The number of rotatable bonds is 41. The minimum atomic E-state index is -1.02. The third kappa shape index (κ3) is 37.9. The van der Waals surface area contributed by atoms with Gasteiger partial charge in [0.15, 0.2) is 0 Å². The molecule has 0 rings (SSSR count). The Morgan fingerprint density at radius 3 is 1.55 bits per heavy atom. The largest absolute Gasteiger partial charge is 0.480 e. The highest BCUT2D eigenvalue weighted by Gasteiger charge is 2.19. The van der Waals surface area contributed by atoms with E-state index < -0.39 is 12.0 Å². The molecule has 4 N–H and O–H groups in total. The van der Waals surface area contributed by atoms with Gasteiger partial charge in [0.05, 0.1) is 0 Å². The van der Waals surface area contributed by atoms with Crippen LogP contribution < -0.4 is 11.1 Å². The topological polar surface area (TPSA) is 119 Å². The van der Waals surface area contributed by atoms with Gasteiger partial charge < -0.3 is 20.9 Å². The summed E-state index contributed by atoms with van der Waals surface area (Å²) in [7, 11) is 0. The number of nitrogens with two attached hydrogens (primary N) is 1. The molecule has 0 aromatic heterocycles. The highest BCUT2D eigenvalue weighted by Crippen LogP contribution is 2.17. The molecule has 2 atom stereocenters. The number of nitrogens with one attached hydrogen (secondary N) is 1. The van der Waals surface area contributed by atoms with E-state index in [1.54, 1.807) is 0 Å². The third-order valence-corrected chi connectivity index (χ3v) is 10.3. The zero-order valence-corrected chi connectivity index (χ0v) is 34.9. The van der Waals surface area contributed by atoms with Crippen molar-refractivity contribution >= 4 is 17.8 Å². The van der Waals surface area contributed by atoms with E-state index in [0.717, 1.165) is 51.4 Å². The van der Waals surface area contributed by atoms with E-state index >= 15 is 0 Å². The number of esters is 1. The molecule has 2 unspecified atom stereocenters. The quantitative estimate of drug-likeness (QED) is 0.0325. The molecule has 0 aliphatic rings. The van der Waals surface area contributed by atoms with Crippen molar-refractivity contribution in [1.29, 1.82) is 0 Å². The van der Waals surface area contributed by atoms with E-state index in [-0.39, 0.29) is 18.0 Å². The summed E-state index contributed by atoms with van der Waals surface area (Å²) in [5.41, 5.74) is 5.48. The Balaban J connectivity index is 4.14. The summed E-state index contributed by atoms with van der Waals surface area (Å²) in [6, 6.07) is -0.872. The normalized spacial score (nSPS) is 12.8. The van der Waals surface area contributed by atoms with Crippen molar-refractivity contribution in [3.63, 3.8) is 0 Å². The first kappa shape index (κ1) is 50.9. The Bertz CT molecular complexity index is 889. The molecular weight excluding hydrogens is 661 g/mol. The van der Waals surface area contributed by atoms with Crippen LogP contribution in [-0.2, 0) is 19.1 Å². The average Bonchev–Trinajstić information content (AvgIpc) is 3.14. The van der Waals surface area contributed by atoms with Crippen LogP contribution in [0.4, 0.5) is 0 Å². The van der Waals surface area contributed by atoms with Crippen LogP contribution in [0.5, 0.6) is 0 Å². The molecule has 7 heteroatoms. The molecule has 0 fully saturated rings. The Hall–Kier alpha value is -2.15. The first-order chi connectivity index (χ1) is 25.9. The van der Waals surface area contributed by atoms with Crippen LogP contribution in [0.25, 0.3) is 0 Å². The van der Waals surface area contributed by atoms with E-state index in [9.17, 15) is 19.5 Å². The average molecular weight is 747 g/mol. The van der Waals surface area contributed by atoms with Gasteiger partial charge in [0.2, 0.25) is 5.91 Å². The van der Waals surface area contributed by atoms with Crippen LogP contribution in [0.1, 0.15) is 232 Å². The van der Waals surface area contributed by atoms with Crippen molar-refractivity contribution in [3.8, 4) is 0 Å². The fraction of sp³-hybridized carbons (Fsp3) is 0.848. The van der Waals surface area contributed by atoms with Crippen LogP contribution in [0, 0.1) is 0 Å². The standard InChI is InChI=1S/C46H86N2O5/c1-3-5-7-9-11-13-14-15-16-17-18-19-20-21-22-23-24-26-28-34-40-45(50)53-42(36-31-27-25-12-10-8-6-4-2)37-32-29-30-33-39-44(49)48-43(46(51)52)38-35-41-47/h12,25,31,36,42-43H,3-11,13-24,26-30,32-35,37-41,47H2,1-2H3,(H,48,49)(H,51,52)/b25-12-,36-31-. The van der Waals surface area contributed by atoms with Crippen molar-refractivity contribution < 1.29 is 24.2 Å². The number of amides is 1. The lowest BCUT2D eigenvalue weighted by Crippen LogP contribution is -2.40. The van der Waals surface area contributed by atoms with Crippen LogP contribution in [0.15, 0.2) is 24.3 Å². The predicted octanol–water partition coefficient (Wildman–Crippen LogP) is 12.8. The zero-order valence-electron chi connectivity index (χ0n) is 34.9. The summed E-state index contributed by atoms with van der Waals surface area (Å²) in [5, 5.41) is 11.9. The molecule has 7 nitrogen and oxygen atoms in total. The Morgan fingerprint density at radius 1 is 0.566 bits per heavy atom. The Kier molecular flexibility index (Phi) is 39.4. The Morgan fingerprint density at radius 2 is 1.04 bits per heavy atom. The van der Waals surface area contributed by atoms with Gasteiger partial charge >= 0.3 is 11.9 Å². The van der Waals surface area contributed by atoms with Gasteiger partial charge in [0.25, 0.3) is 0 Å². The predicted molar refractivity (Wildman–Crippen MR) is 225 cm³/mol. The zero-order chi connectivity index (χ0) is 38.9. The molecule has 0 aromatic carbocycles. The van der Waals surface area contributed by atoms with Crippen LogP contribution in [-0.4, -0.2) is 41.6 Å². The second-order valence-corrected chi connectivity index (χ2v) is 15.5. The monoisotopic (exact) mass is 747 g/mol. The number of allylic oxidation sites excluding steroid dienone is 3. The lowest BCUT2D eigenvalue weighted by atomic mass is 10.0. The summed E-state index contributed by atoms with van der Waals surface area (Å²) in [6.45, 7) is 4.91. The van der Waals surface area contributed by atoms with Crippen molar-refractivity contribution in [2.45, 2.75) is 244 Å². The number of ether oxygens (including phenoxy) is 1. The van der Waals surface area contributed by atoms with Crippen molar-refractivity contribution in [3.05, 3.63) is 24.3 Å². The van der Waals surface area contributed by atoms with Gasteiger partial charge in [-0.15, -0.1) is 0 Å². The van der Waals surface area contributed by atoms with E-state index in [0.29, 0.717) is 38.6 Å². The number of hydrogen-bond donors (Lipinski definition) is 3. The summed E-state index contributed by atoms with van der Waals surface area (Å²) < 4.78 is 5.92. The summed E-state index contributed by atoms with van der Waals surface area (Å²) >= 11 is 0. The van der Waals surface area contributed by atoms with Gasteiger partial charge in [0.1, 0.15) is 12.1 Å². The third-order valence-electron chi connectivity index (χ3n) is 10.3. The summed E-state index contributed by atoms with van der Waals surface area (Å²) in [4.78, 5) is 36.3. The number of carbonyl (C=O) groups is 3. The maximum Gasteiger partial charge on any atom is 0.326 e. The molecule has 0 aliphatic heterocycles. The highest BCUT2D eigenvalue weighted by molar-refractivity contribution is 5.83. The molecule has 1 amide bonds. The lowest BCUT2D eigenvalue weighted by Gasteiger charge is -2.15. The molecule has 0 radical (unpaired) electrons. The molecule has 0 saturated heterocycles. The second-order valence-electron chi connectivity index (χ2n) is 15.5. The van der Waals surface area contributed by atoms with Crippen LogP contribution in [0.3, 0.4) is 0 Å². The molecule has 0 heterocycles. The van der Waals surface area contributed by atoms with Crippen molar-refractivity contribution in [2.75, 3.05) is 6.54 Å². The van der Waals surface area contributed by atoms with Gasteiger partial charge in [-0.3, -0.25) is 9.59 Å². The minimum Gasteiger partial charge on any atom is -0.480 e. The number of carboxylic acids is 1. The number of carboxylic acid groups (broad SMARTS) is 1. The molecule has 0 bridgehead atoms. The van der Waals surface area contributed by atoms with E-state index in [4.69, 9.17) is 10.5 Å². The van der Waals surface area contributed by atoms with Crippen LogP contribution in [0.2, 0.25) is 0 Å². The number of aliphatic carboxylic acids is 1. The molecule has 53 heavy (non-hydrogen) atoms. The number of hydrogen-bond acceptors (Lipinski definition) is 5. The van der Waals surface area contributed by atoms with E-state index in [1.807, 2.05) is 6.08 Å². The minimum absolute atomic E-state index is 0.101. The van der Waals surface area contributed by atoms with Crippen LogP contribution >= 0.6 is 0 Å². The number of unbranched alkanes of at least 4 members (excludes halogenated alkanes) is 25. The molecule has 0 saturated carbocycles. The smallest absolute Gasteiger partial charge is 0.326 e. The molecular formula is C46H86N2O5. The first-order valence-electron chi connectivity index (χ1n) is 22.7. The molecule has 0 spiro atoms. The lowest BCUT2D eigenvalue weighted by molar-refractivity contribution is -0.147. The van der Waals surface area contributed by atoms with E-state index in [2.05, 4.69) is 37.4 Å². The second kappa shape index (κ2) is 41.0. The first-order valence-corrected chi connectivity index (χ1v) is 22.7. The summed E-state index contributed by atoms with van der Waals surface area (Å²) in [5.74, 6) is -1.34.